The lowest BCUT2D eigenvalue weighted by molar-refractivity contribution is -0.137. The number of nitrogens with zero attached hydrogens (tertiary/aromatic N) is 4. The van der Waals surface area contributed by atoms with Crippen LogP contribution in [-0.2, 0) is 6.18 Å². The summed E-state index contributed by atoms with van der Waals surface area (Å²) in [5.74, 6) is 0.411. The normalized spacial score (nSPS) is 16.9. The van der Waals surface area contributed by atoms with E-state index in [1.807, 2.05) is 0 Å². The number of aromatic nitrogens is 3. The summed E-state index contributed by atoms with van der Waals surface area (Å²) >= 11 is 0. The molecule has 0 spiro atoms. The molecular weight excluding hydrogens is 387 g/mol. The van der Waals surface area contributed by atoms with Crippen LogP contribution in [0.15, 0.2) is 42.6 Å². The summed E-state index contributed by atoms with van der Waals surface area (Å²) in [5.41, 5.74) is 0.698. The van der Waals surface area contributed by atoms with Crippen LogP contribution in [0.25, 0.3) is 22.2 Å². The molecule has 2 aromatic heterocycles. The van der Waals surface area contributed by atoms with Crippen LogP contribution in [0.2, 0.25) is 0 Å². The van der Waals surface area contributed by atoms with E-state index in [0.717, 1.165) is 12.1 Å². The zero-order valence-electron chi connectivity index (χ0n) is 15.0. The number of alkyl halides is 3. The summed E-state index contributed by atoms with van der Waals surface area (Å²) < 4.78 is 38.4. The average molecular weight is 403 g/mol. The molecule has 0 bridgehead atoms. The number of pyridine rings is 1. The van der Waals surface area contributed by atoms with Crippen LogP contribution in [0.1, 0.15) is 12.0 Å². The molecule has 1 atom stereocenters. The van der Waals surface area contributed by atoms with Gasteiger partial charge in [-0.2, -0.15) is 13.2 Å². The third kappa shape index (κ3) is 3.78. The van der Waals surface area contributed by atoms with Gasteiger partial charge < -0.3 is 15.3 Å². The number of carbonyl (C=O) groups is 1. The van der Waals surface area contributed by atoms with Crippen molar-refractivity contribution in [2.75, 3.05) is 18.4 Å². The minimum Gasteiger partial charge on any atom is -0.465 e. The summed E-state index contributed by atoms with van der Waals surface area (Å²) in [4.78, 5) is 16.7. The number of likely N-dealkylation sites (tertiary alicyclic amines) is 1. The smallest absolute Gasteiger partial charge is 0.416 e. The van der Waals surface area contributed by atoms with Crippen molar-refractivity contribution in [1.82, 2.24) is 20.1 Å². The van der Waals surface area contributed by atoms with E-state index in [-0.39, 0.29) is 6.04 Å². The Morgan fingerprint density at radius 3 is 2.59 bits per heavy atom. The van der Waals surface area contributed by atoms with E-state index in [1.165, 1.54) is 17.0 Å². The molecule has 3 heterocycles. The Hall–Kier alpha value is -3.43. The van der Waals surface area contributed by atoms with Crippen molar-refractivity contribution in [3.8, 4) is 11.3 Å². The number of carboxylic acid groups (broad SMARTS) is 1. The van der Waals surface area contributed by atoms with Crippen LogP contribution in [0.3, 0.4) is 0 Å². The predicted octanol–water partition coefficient (Wildman–Crippen LogP) is 3.87. The number of amides is 1. The van der Waals surface area contributed by atoms with E-state index in [1.54, 1.807) is 18.3 Å². The highest BCUT2D eigenvalue weighted by Crippen LogP contribution is 2.33. The molecule has 0 unspecified atom stereocenters. The lowest BCUT2D eigenvalue weighted by atomic mass is 10.1. The summed E-state index contributed by atoms with van der Waals surface area (Å²) in [6.45, 7) is 0.751. The zero-order valence-corrected chi connectivity index (χ0v) is 15.0. The Morgan fingerprint density at radius 1 is 1.17 bits per heavy atom. The fourth-order valence-electron chi connectivity index (χ4n) is 3.36. The van der Waals surface area contributed by atoms with Crippen LogP contribution in [0.5, 0.6) is 0 Å². The minimum atomic E-state index is -4.41. The molecule has 1 amide bonds. The van der Waals surface area contributed by atoms with Gasteiger partial charge >= 0.3 is 12.3 Å². The van der Waals surface area contributed by atoms with Gasteiger partial charge in [0.05, 0.1) is 5.56 Å². The third-order valence-electron chi connectivity index (χ3n) is 4.82. The van der Waals surface area contributed by atoms with E-state index in [9.17, 15) is 18.0 Å². The quantitative estimate of drug-likeness (QED) is 0.690. The second-order valence-corrected chi connectivity index (χ2v) is 6.73. The number of anilines is 1. The van der Waals surface area contributed by atoms with Gasteiger partial charge in [0.25, 0.3) is 0 Å². The van der Waals surface area contributed by atoms with Crippen LogP contribution in [0, 0.1) is 0 Å². The zero-order chi connectivity index (χ0) is 20.6. The third-order valence-corrected chi connectivity index (χ3v) is 4.82. The van der Waals surface area contributed by atoms with Gasteiger partial charge in [0, 0.05) is 36.3 Å². The van der Waals surface area contributed by atoms with Crippen LogP contribution < -0.4 is 5.32 Å². The molecule has 0 radical (unpaired) electrons. The molecule has 1 aromatic carbocycles. The van der Waals surface area contributed by atoms with Crippen molar-refractivity contribution < 1.29 is 23.1 Å². The van der Waals surface area contributed by atoms with Gasteiger partial charge in [-0.25, -0.2) is 4.79 Å². The first-order valence-corrected chi connectivity index (χ1v) is 8.86. The number of benzene rings is 1. The van der Waals surface area contributed by atoms with Gasteiger partial charge in [0.2, 0.25) is 0 Å². The van der Waals surface area contributed by atoms with Crippen molar-refractivity contribution in [3.05, 3.63) is 48.2 Å². The second-order valence-electron chi connectivity index (χ2n) is 6.73. The molecule has 1 saturated heterocycles. The van der Waals surface area contributed by atoms with Crippen LogP contribution >= 0.6 is 0 Å². The molecular formula is C19H16F3N5O2. The highest BCUT2D eigenvalue weighted by Gasteiger charge is 2.30. The largest absolute Gasteiger partial charge is 0.465 e. The van der Waals surface area contributed by atoms with Gasteiger partial charge in [-0.3, -0.25) is 4.98 Å². The molecule has 7 nitrogen and oxygen atoms in total. The minimum absolute atomic E-state index is 0.123. The van der Waals surface area contributed by atoms with Gasteiger partial charge in [-0.05, 0) is 30.7 Å². The number of rotatable bonds is 3. The van der Waals surface area contributed by atoms with E-state index in [0.29, 0.717) is 47.5 Å². The van der Waals surface area contributed by atoms with Crippen molar-refractivity contribution in [1.29, 1.82) is 0 Å². The Morgan fingerprint density at radius 2 is 1.93 bits per heavy atom. The summed E-state index contributed by atoms with van der Waals surface area (Å²) in [6, 6.07) is 8.08. The van der Waals surface area contributed by atoms with Crippen LogP contribution in [0.4, 0.5) is 23.8 Å². The number of hydrogen-bond donors (Lipinski definition) is 2. The monoisotopic (exact) mass is 403 g/mol. The Bertz CT molecular complexity index is 1060. The van der Waals surface area contributed by atoms with Gasteiger partial charge in [0.1, 0.15) is 11.2 Å². The lowest BCUT2D eigenvalue weighted by Crippen LogP contribution is -2.30. The predicted molar refractivity (Wildman–Crippen MR) is 99.4 cm³/mol. The van der Waals surface area contributed by atoms with E-state index >= 15 is 0 Å². The number of fused-ring (bicyclic) bond motifs is 1. The summed E-state index contributed by atoms with van der Waals surface area (Å²) in [7, 11) is 0. The SMILES string of the molecule is O=C(O)N1CC[C@H](Nc2nnc(-c3ccc(C(F)(F)F)cc3)c3cccnc23)C1. The standard InChI is InChI=1S/C19H16F3N5O2/c20-19(21,22)12-5-3-11(4-6-12)15-14-2-1-8-23-16(14)17(26-25-15)24-13-7-9-27(10-13)18(28)29/h1-6,8,13H,7,9-10H2,(H,24,26)(H,28,29)/t13-/m0/s1. The van der Waals surface area contributed by atoms with Gasteiger partial charge in [0.15, 0.2) is 5.82 Å². The molecule has 10 heteroatoms. The molecule has 4 rings (SSSR count). The number of hydrogen-bond acceptors (Lipinski definition) is 5. The Labute approximate surface area is 163 Å². The molecule has 1 aliphatic rings. The number of nitrogens with one attached hydrogen (secondary N) is 1. The fraction of sp³-hybridized carbons (Fsp3) is 0.263. The van der Waals surface area contributed by atoms with E-state index < -0.39 is 17.8 Å². The van der Waals surface area contributed by atoms with Crippen LogP contribution in [-0.4, -0.2) is 50.4 Å². The Balaban J connectivity index is 1.66. The molecule has 1 fully saturated rings. The van der Waals surface area contributed by atoms with E-state index in [4.69, 9.17) is 5.11 Å². The molecule has 1 aliphatic heterocycles. The van der Waals surface area contributed by atoms with Crippen molar-refractivity contribution >= 4 is 22.8 Å². The molecule has 2 N–H and O–H groups in total. The molecule has 0 saturated carbocycles. The fourth-order valence-corrected chi connectivity index (χ4v) is 3.36. The van der Waals surface area contributed by atoms with E-state index in [2.05, 4.69) is 20.5 Å². The summed E-state index contributed by atoms with van der Waals surface area (Å²) in [5, 5.41) is 21.3. The average Bonchev–Trinajstić information content (AvgIpc) is 3.17. The highest BCUT2D eigenvalue weighted by molar-refractivity contribution is 5.97. The summed E-state index contributed by atoms with van der Waals surface area (Å²) in [6.07, 6.45) is -3.17. The van der Waals surface area contributed by atoms with Gasteiger partial charge in [-0.1, -0.05) is 12.1 Å². The first-order chi connectivity index (χ1) is 13.8. The maximum Gasteiger partial charge on any atom is 0.416 e. The van der Waals surface area contributed by atoms with Gasteiger partial charge in [-0.15, -0.1) is 10.2 Å². The van der Waals surface area contributed by atoms with Crippen molar-refractivity contribution in [2.24, 2.45) is 0 Å². The molecule has 150 valence electrons. The molecule has 0 aliphatic carbocycles. The first kappa shape index (κ1) is 18.9. The van der Waals surface area contributed by atoms with Crippen molar-refractivity contribution in [3.63, 3.8) is 0 Å². The molecule has 3 aromatic rings. The number of halogens is 3. The van der Waals surface area contributed by atoms with Crippen molar-refractivity contribution in [2.45, 2.75) is 18.6 Å². The Kier molecular flexibility index (Phi) is 4.69. The lowest BCUT2D eigenvalue weighted by Gasteiger charge is -2.16. The highest BCUT2D eigenvalue weighted by atomic mass is 19.4. The first-order valence-electron chi connectivity index (χ1n) is 8.86. The molecule has 29 heavy (non-hydrogen) atoms. The maximum absolute atomic E-state index is 12.8. The second kappa shape index (κ2) is 7.19. The maximum atomic E-state index is 12.8. The topological polar surface area (TPSA) is 91.2 Å².